The standard InChI is InChI=1S/C11H14N4O2/c1-16-11(2-3-17-7-11)6-14-10-9(4-12)5-13-8-15-10/h5,8H,2-3,6-7H2,1H3,(H,13,14,15). The Morgan fingerprint density at radius 3 is 3.24 bits per heavy atom. The number of anilines is 1. The number of aromatic nitrogens is 2. The van der Waals surface area contributed by atoms with Gasteiger partial charge in [0.15, 0.2) is 0 Å². The van der Waals surface area contributed by atoms with Gasteiger partial charge in [0.05, 0.1) is 12.8 Å². The van der Waals surface area contributed by atoms with Gasteiger partial charge >= 0.3 is 0 Å². The van der Waals surface area contributed by atoms with E-state index in [0.29, 0.717) is 31.1 Å². The van der Waals surface area contributed by atoms with Crippen LogP contribution in [0.5, 0.6) is 0 Å². The fourth-order valence-corrected chi connectivity index (χ4v) is 1.76. The van der Waals surface area contributed by atoms with Crippen LogP contribution in [-0.4, -0.2) is 42.4 Å². The third-order valence-corrected chi connectivity index (χ3v) is 2.91. The Bertz CT molecular complexity index is 424. The molecule has 1 aliphatic heterocycles. The summed E-state index contributed by atoms with van der Waals surface area (Å²) in [5.74, 6) is 0.533. The molecule has 1 saturated heterocycles. The fourth-order valence-electron chi connectivity index (χ4n) is 1.76. The van der Waals surface area contributed by atoms with Gasteiger partial charge in [-0.1, -0.05) is 0 Å². The molecule has 1 N–H and O–H groups in total. The number of nitrogens with one attached hydrogen (secondary N) is 1. The number of hydrogen-bond acceptors (Lipinski definition) is 6. The molecular formula is C11H14N4O2. The Labute approximate surface area is 99.6 Å². The van der Waals surface area contributed by atoms with Crippen molar-refractivity contribution in [1.29, 1.82) is 5.26 Å². The predicted molar refractivity (Wildman–Crippen MR) is 60.4 cm³/mol. The molecule has 1 aromatic heterocycles. The van der Waals surface area contributed by atoms with E-state index in [9.17, 15) is 0 Å². The van der Waals surface area contributed by atoms with Crippen molar-refractivity contribution in [3.63, 3.8) is 0 Å². The number of nitrogens with zero attached hydrogens (tertiary/aromatic N) is 3. The normalized spacial score (nSPS) is 23.3. The topological polar surface area (TPSA) is 80.1 Å². The van der Waals surface area contributed by atoms with Gasteiger partial charge in [-0.15, -0.1) is 0 Å². The summed E-state index contributed by atoms with van der Waals surface area (Å²) in [5, 5.41) is 12.0. The molecule has 1 aliphatic rings. The monoisotopic (exact) mass is 234 g/mol. The summed E-state index contributed by atoms with van der Waals surface area (Å²) >= 11 is 0. The van der Waals surface area contributed by atoms with E-state index in [0.717, 1.165) is 6.42 Å². The fraction of sp³-hybridized carbons (Fsp3) is 0.545. The van der Waals surface area contributed by atoms with Gasteiger partial charge < -0.3 is 14.8 Å². The van der Waals surface area contributed by atoms with Crippen LogP contribution >= 0.6 is 0 Å². The summed E-state index contributed by atoms with van der Waals surface area (Å²) < 4.78 is 10.8. The van der Waals surface area contributed by atoms with E-state index in [1.54, 1.807) is 7.11 Å². The molecular weight excluding hydrogens is 220 g/mol. The number of hydrogen-bond donors (Lipinski definition) is 1. The van der Waals surface area contributed by atoms with E-state index in [1.165, 1.54) is 12.5 Å². The van der Waals surface area contributed by atoms with Crippen molar-refractivity contribution in [1.82, 2.24) is 9.97 Å². The highest BCUT2D eigenvalue weighted by atomic mass is 16.5. The molecule has 1 atom stereocenters. The number of nitriles is 1. The third kappa shape index (κ3) is 2.52. The summed E-state index contributed by atoms with van der Waals surface area (Å²) in [4.78, 5) is 7.84. The molecule has 0 aromatic carbocycles. The molecule has 90 valence electrons. The molecule has 2 heterocycles. The maximum atomic E-state index is 8.91. The summed E-state index contributed by atoms with van der Waals surface area (Å²) in [7, 11) is 1.67. The molecule has 6 heteroatoms. The van der Waals surface area contributed by atoms with Crippen molar-refractivity contribution in [2.24, 2.45) is 0 Å². The summed E-state index contributed by atoms with van der Waals surface area (Å²) in [6, 6.07) is 2.04. The maximum Gasteiger partial charge on any atom is 0.147 e. The molecule has 6 nitrogen and oxygen atoms in total. The molecule has 17 heavy (non-hydrogen) atoms. The van der Waals surface area contributed by atoms with Crippen LogP contribution in [-0.2, 0) is 9.47 Å². The van der Waals surface area contributed by atoms with E-state index in [4.69, 9.17) is 14.7 Å². The SMILES string of the molecule is COC1(CNc2ncncc2C#N)CCOC1. The van der Waals surface area contributed by atoms with Crippen LogP contribution in [0.4, 0.5) is 5.82 Å². The van der Waals surface area contributed by atoms with Crippen molar-refractivity contribution in [3.05, 3.63) is 18.1 Å². The van der Waals surface area contributed by atoms with E-state index >= 15 is 0 Å². The van der Waals surface area contributed by atoms with Crippen molar-refractivity contribution in [2.45, 2.75) is 12.0 Å². The Kier molecular flexibility index (Phi) is 3.52. The lowest BCUT2D eigenvalue weighted by molar-refractivity contribution is -0.00625. The van der Waals surface area contributed by atoms with Crippen molar-refractivity contribution < 1.29 is 9.47 Å². The molecule has 0 radical (unpaired) electrons. The molecule has 0 amide bonds. The average molecular weight is 234 g/mol. The second-order valence-corrected chi connectivity index (χ2v) is 3.94. The lowest BCUT2D eigenvalue weighted by Gasteiger charge is -2.26. The molecule has 1 fully saturated rings. The Morgan fingerprint density at radius 1 is 1.71 bits per heavy atom. The van der Waals surface area contributed by atoms with Gasteiger partial charge in [0.2, 0.25) is 0 Å². The van der Waals surface area contributed by atoms with Gasteiger partial charge in [-0.05, 0) is 0 Å². The summed E-state index contributed by atoms with van der Waals surface area (Å²) in [5.41, 5.74) is 0.107. The van der Waals surface area contributed by atoms with Gasteiger partial charge in [-0.3, -0.25) is 0 Å². The zero-order valence-electron chi connectivity index (χ0n) is 9.64. The smallest absolute Gasteiger partial charge is 0.147 e. The first-order valence-corrected chi connectivity index (χ1v) is 5.36. The van der Waals surface area contributed by atoms with Crippen LogP contribution in [0.15, 0.2) is 12.5 Å². The van der Waals surface area contributed by atoms with E-state index in [1.807, 2.05) is 6.07 Å². The minimum Gasteiger partial charge on any atom is -0.378 e. The largest absolute Gasteiger partial charge is 0.378 e. The van der Waals surface area contributed by atoms with Gasteiger partial charge in [0, 0.05) is 26.7 Å². The van der Waals surface area contributed by atoms with Gasteiger partial charge in [0.25, 0.3) is 0 Å². The number of ether oxygens (including phenoxy) is 2. The highest BCUT2D eigenvalue weighted by Gasteiger charge is 2.34. The highest BCUT2D eigenvalue weighted by Crippen LogP contribution is 2.23. The molecule has 0 bridgehead atoms. The second-order valence-electron chi connectivity index (χ2n) is 3.94. The van der Waals surface area contributed by atoms with Gasteiger partial charge in [0.1, 0.15) is 29.4 Å². The van der Waals surface area contributed by atoms with Gasteiger partial charge in [-0.25, -0.2) is 9.97 Å². The molecule has 2 rings (SSSR count). The van der Waals surface area contributed by atoms with E-state index in [-0.39, 0.29) is 5.60 Å². The Morgan fingerprint density at radius 2 is 2.59 bits per heavy atom. The van der Waals surface area contributed by atoms with Crippen molar-refractivity contribution >= 4 is 5.82 Å². The van der Waals surface area contributed by atoms with Crippen molar-refractivity contribution in [2.75, 3.05) is 32.2 Å². The Hall–Kier alpha value is -1.71. The predicted octanol–water partition coefficient (Wildman–Crippen LogP) is 0.566. The molecule has 0 saturated carbocycles. The molecule has 1 unspecified atom stereocenters. The van der Waals surface area contributed by atoms with Crippen LogP contribution < -0.4 is 5.32 Å². The van der Waals surface area contributed by atoms with Crippen LogP contribution in [0, 0.1) is 11.3 Å². The van der Waals surface area contributed by atoms with Crippen LogP contribution in [0.25, 0.3) is 0 Å². The first-order chi connectivity index (χ1) is 8.29. The zero-order valence-corrected chi connectivity index (χ0v) is 9.64. The average Bonchev–Trinajstić information content (AvgIpc) is 2.86. The third-order valence-electron chi connectivity index (χ3n) is 2.91. The second kappa shape index (κ2) is 5.08. The van der Waals surface area contributed by atoms with Crippen LogP contribution in [0.3, 0.4) is 0 Å². The van der Waals surface area contributed by atoms with Crippen LogP contribution in [0.2, 0.25) is 0 Å². The number of rotatable bonds is 4. The first kappa shape index (κ1) is 11.8. The number of methoxy groups -OCH3 is 1. The van der Waals surface area contributed by atoms with Crippen LogP contribution in [0.1, 0.15) is 12.0 Å². The van der Waals surface area contributed by atoms with Crippen molar-refractivity contribution in [3.8, 4) is 6.07 Å². The van der Waals surface area contributed by atoms with E-state index < -0.39 is 0 Å². The van der Waals surface area contributed by atoms with E-state index in [2.05, 4.69) is 15.3 Å². The summed E-state index contributed by atoms with van der Waals surface area (Å²) in [6.45, 7) is 1.82. The highest BCUT2D eigenvalue weighted by molar-refractivity contribution is 5.50. The molecule has 0 aliphatic carbocycles. The lowest BCUT2D eigenvalue weighted by atomic mass is 10.0. The van der Waals surface area contributed by atoms with Gasteiger partial charge in [-0.2, -0.15) is 5.26 Å². The maximum absolute atomic E-state index is 8.91. The lowest BCUT2D eigenvalue weighted by Crippen LogP contribution is -2.39. The quantitative estimate of drug-likeness (QED) is 0.820. The first-order valence-electron chi connectivity index (χ1n) is 5.36. The molecule has 1 aromatic rings. The zero-order chi connectivity index (χ0) is 12.1. The molecule has 0 spiro atoms. The summed E-state index contributed by atoms with van der Waals surface area (Å²) in [6.07, 6.45) is 3.73. The minimum absolute atomic E-state index is 0.322. The minimum atomic E-state index is -0.322. The Balaban J connectivity index is 2.04.